The molecule has 0 heterocycles. The lowest BCUT2D eigenvalue weighted by Crippen LogP contribution is -2.09. The highest BCUT2D eigenvalue weighted by Gasteiger charge is 2.16. The first-order valence-corrected chi connectivity index (χ1v) is 7.01. The number of benzene rings is 2. The van der Waals surface area contributed by atoms with Crippen LogP contribution in [0.25, 0.3) is 0 Å². The van der Waals surface area contributed by atoms with Crippen LogP contribution in [0.15, 0.2) is 47.6 Å². The average molecular weight is 318 g/mol. The molecule has 4 nitrogen and oxygen atoms in total. The minimum atomic E-state index is -0.111. The molecule has 0 amide bonds. The third-order valence-corrected chi connectivity index (χ3v) is 3.45. The minimum Gasteiger partial charge on any atom is -0.497 e. The van der Waals surface area contributed by atoms with Crippen LogP contribution in [-0.4, -0.2) is 25.7 Å². The van der Waals surface area contributed by atoms with E-state index < -0.39 is 0 Å². The lowest BCUT2D eigenvalue weighted by Gasteiger charge is -2.10. The maximum Gasteiger partial charge on any atom is 0.193 e. The van der Waals surface area contributed by atoms with Crippen molar-refractivity contribution in [2.24, 2.45) is 5.16 Å². The summed E-state index contributed by atoms with van der Waals surface area (Å²) >= 11 is 5.86. The Balaban J connectivity index is 2.51. The number of hydrogen-bond acceptors (Lipinski definition) is 4. The maximum atomic E-state index is 12.7. The van der Waals surface area contributed by atoms with Gasteiger partial charge in [-0.05, 0) is 49.4 Å². The standard InChI is InChI=1S/C17H16ClNO3/c1-11(19-22-3)16-10-14(21-2)8-9-15(16)17(20)12-4-6-13(18)7-5-12/h4-10H,1-3H3/b19-11+. The predicted molar refractivity (Wildman–Crippen MR) is 87.1 cm³/mol. The van der Waals surface area contributed by atoms with Gasteiger partial charge < -0.3 is 9.57 Å². The van der Waals surface area contributed by atoms with Crippen LogP contribution in [0.2, 0.25) is 5.02 Å². The summed E-state index contributed by atoms with van der Waals surface area (Å²) in [4.78, 5) is 17.5. The second-order valence-corrected chi connectivity index (χ2v) is 5.04. The molecule has 0 aliphatic carbocycles. The molecule has 0 fully saturated rings. The summed E-state index contributed by atoms with van der Waals surface area (Å²) < 4.78 is 5.21. The maximum absolute atomic E-state index is 12.7. The SMILES string of the molecule is CO/N=C(\C)c1cc(OC)ccc1C(=O)c1ccc(Cl)cc1. The van der Waals surface area contributed by atoms with Gasteiger partial charge in [0.1, 0.15) is 12.9 Å². The van der Waals surface area contributed by atoms with Gasteiger partial charge in [0, 0.05) is 21.7 Å². The summed E-state index contributed by atoms with van der Waals surface area (Å²) in [5, 5.41) is 4.50. The highest BCUT2D eigenvalue weighted by molar-refractivity contribution is 6.30. The van der Waals surface area contributed by atoms with E-state index in [0.717, 1.165) is 0 Å². The molecule has 0 radical (unpaired) electrons. The molecule has 5 heteroatoms. The zero-order valence-corrected chi connectivity index (χ0v) is 13.3. The summed E-state index contributed by atoms with van der Waals surface area (Å²) in [5.41, 5.74) is 2.35. The lowest BCUT2D eigenvalue weighted by atomic mass is 9.96. The minimum absolute atomic E-state index is 0.111. The van der Waals surface area contributed by atoms with E-state index in [2.05, 4.69) is 5.16 Å². The molecule has 22 heavy (non-hydrogen) atoms. The molecule has 114 valence electrons. The molecule has 0 aliphatic heterocycles. The molecule has 0 spiro atoms. The van der Waals surface area contributed by atoms with Gasteiger partial charge >= 0.3 is 0 Å². The normalized spacial score (nSPS) is 11.2. The van der Waals surface area contributed by atoms with Crippen molar-refractivity contribution in [3.05, 3.63) is 64.2 Å². The third kappa shape index (κ3) is 3.46. The first kappa shape index (κ1) is 16.0. The van der Waals surface area contributed by atoms with Crippen molar-refractivity contribution in [2.45, 2.75) is 6.92 Å². The van der Waals surface area contributed by atoms with Crippen LogP contribution in [0.1, 0.15) is 28.4 Å². The monoisotopic (exact) mass is 317 g/mol. The Bertz CT molecular complexity index is 708. The molecule has 2 aromatic rings. The molecule has 0 saturated carbocycles. The van der Waals surface area contributed by atoms with E-state index in [4.69, 9.17) is 21.2 Å². The van der Waals surface area contributed by atoms with E-state index in [1.807, 2.05) is 0 Å². The van der Waals surface area contributed by atoms with Gasteiger partial charge in [-0.2, -0.15) is 0 Å². The third-order valence-electron chi connectivity index (χ3n) is 3.20. The van der Waals surface area contributed by atoms with E-state index >= 15 is 0 Å². The first-order chi connectivity index (χ1) is 10.6. The van der Waals surface area contributed by atoms with Gasteiger partial charge in [0.2, 0.25) is 0 Å². The van der Waals surface area contributed by atoms with Gasteiger partial charge in [-0.25, -0.2) is 0 Å². The summed E-state index contributed by atoms with van der Waals surface area (Å²) in [6.07, 6.45) is 0. The molecule has 0 unspecified atom stereocenters. The van der Waals surface area contributed by atoms with Gasteiger partial charge in [0.15, 0.2) is 5.78 Å². The highest BCUT2D eigenvalue weighted by atomic mass is 35.5. The van der Waals surface area contributed by atoms with Crippen LogP contribution < -0.4 is 4.74 Å². The van der Waals surface area contributed by atoms with E-state index in [9.17, 15) is 4.79 Å². The molecule has 0 atom stereocenters. The summed E-state index contributed by atoms with van der Waals surface area (Å²) in [5.74, 6) is 0.535. The quantitative estimate of drug-likeness (QED) is 0.476. The van der Waals surface area contributed by atoms with Gasteiger partial charge in [-0.15, -0.1) is 0 Å². The number of oxime groups is 1. The van der Waals surface area contributed by atoms with Crippen LogP contribution in [0.3, 0.4) is 0 Å². The van der Waals surface area contributed by atoms with Crippen LogP contribution in [0, 0.1) is 0 Å². The molecule has 0 saturated heterocycles. The van der Waals surface area contributed by atoms with Crippen LogP contribution >= 0.6 is 11.6 Å². The Kier molecular flexibility index (Phi) is 5.17. The number of hydrogen-bond donors (Lipinski definition) is 0. The van der Waals surface area contributed by atoms with Gasteiger partial charge in [-0.1, -0.05) is 16.8 Å². The Morgan fingerprint density at radius 3 is 2.32 bits per heavy atom. The van der Waals surface area contributed by atoms with Gasteiger partial charge in [-0.3, -0.25) is 4.79 Å². The van der Waals surface area contributed by atoms with E-state index in [0.29, 0.717) is 33.2 Å². The highest BCUT2D eigenvalue weighted by Crippen LogP contribution is 2.22. The summed E-state index contributed by atoms with van der Waals surface area (Å²) in [6, 6.07) is 12.0. The van der Waals surface area contributed by atoms with E-state index in [1.54, 1.807) is 56.5 Å². The Morgan fingerprint density at radius 1 is 1.05 bits per heavy atom. The molecule has 0 bridgehead atoms. The number of methoxy groups -OCH3 is 1. The van der Waals surface area contributed by atoms with Crippen molar-refractivity contribution in [3.8, 4) is 5.75 Å². The smallest absolute Gasteiger partial charge is 0.193 e. The molecule has 0 N–H and O–H groups in total. The van der Waals surface area contributed by atoms with Gasteiger partial charge in [0.05, 0.1) is 12.8 Å². The number of ketones is 1. The van der Waals surface area contributed by atoms with Crippen molar-refractivity contribution in [2.75, 3.05) is 14.2 Å². The first-order valence-electron chi connectivity index (χ1n) is 6.63. The summed E-state index contributed by atoms with van der Waals surface area (Å²) in [7, 11) is 3.03. The average Bonchev–Trinajstić information content (AvgIpc) is 2.54. The molecule has 2 aromatic carbocycles. The topological polar surface area (TPSA) is 47.9 Å². The second-order valence-electron chi connectivity index (χ2n) is 4.61. The number of carbonyl (C=O) groups is 1. The zero-order valence-electron chi connectivity index (χ0n) is 12.6. The zero-order chi connectivity index (χ0) is 16.1. The van der Waals surface area contributed by atoms with Crippen LogP contribution in [0.5, 0.6) is 5.75 Å². The Labute approximate surface area is 134 Å². The van der Waals surface area contributed by atoms with Crippen LogP contribution in [0.4, 0.5) is 0 Å². The van der Waals surface area contributed by atoms with Crippen molar-refractivity contribution in [1.82, 2.24) is 0 Å². The summed E-state index contributed by atoms with van der Waals surface area (Å²) in [6.45, 7) is 1.77. The Morgan fingerprint density at radius 2 is 1.73 bits per heavy atom. The number of carbonyl (C=O) groups excluding carboxylic acids is 1. The van der Waals surface area contributed by atoms with Crippen molar-refractivity contribution >= 4 is 23.1 Å². The molecule has 2 rings (SSSR count). The molecule has 0 aliphatic rings. The molecular formula is C17H16ClNO3. The fourth-order valence-electron chi connectivity index (χ4n) is 2.09. The van der Waals surface area contributed by atoms with Crippen LogP contribution in [-0.2, 0) is 4.84 Å². The fraction of sp³-hybridized carbons (Fsp3) is 0.176. The van der Waals surface area contributed by atoms with E-state index in [1.165, 1.54) is 7.11 Å². The number of ether oxygens (including phenoxy) is 1. The molecular weight excluding hydrogens is 302 g/mol. The lowest BCUT2D eigenvalue weighted by molar-refractivity contribution is 0.103. The van der Waals surface area contributed by atoms with E-state index in [-0.39, 0.29) is 5.78 Å². The van der Waals surface area contributed by atoms with Crippen molar-refractivity contribution in [3.63, 3.8) is 0 Å². The largest absolute Gasteiger partial charge is 0.497 e. The Hall–Kier alpha value is -2.33. The molecule has 0 aromatic heterocycles. The van der Waals surface area contributed by atoms with Gasteiger partial charge in [0.25, 0.3) is 0 Å². The number of nitrogens with zero attached hydrogens (tertiary/aromatic N) is 1. The van der Waals surface area contributed by atoms with Crippen molar-refractivity contribution < 1.29 is 14.4 Å². The number of rotatable bonds is 5. The fourth-order valence-corrected chi connectivity index (χ4v) is 2.22. The second kappa shape index (κ2) is 7.09. The van der Waals surface area contributed by atoms with Crippen molar-refractivity contribution in [1.29, 1.82) is 0 Å². The number of halogens is 1. The predicted octanol–water partition coefficient (Wildman–Crippen LogP) is 3.95.